The lowest BCUT2D eigenvalue weighted by atomic mass is 9.66. The van der Waals surface area contributed by atoms with Crippen molar-refractivity contribution in [3.05, 3.63) is 269 Å². The molecular formula is C60H37NOS. The van der Waals surface area contributed by atoms with E-state index < -0.39 is 10.8 Å². The molecule has 0 aromatic heterocycles. The van der Waals surface area contributed by atoms with Gasteiger partial charge >= 0.3 is 0 Å². The summed E-state index contributed by atoms with van der Waals surface area (Å²) in [4.78, 5) is 5.13. The first kappa shape index (κ1) is 35.1. The zero-order valence-corrected chi connectivity index (χ0v) is 34.9. The lowest BCUT2D eigenvalue weighted by Crippen LogP contribution is -2.32. The van der Waals surface area contributed by atoms with E-state index in [0.29, 0.717) is 0 Å². The zero-order valence-electron chi connectivity index (χ0n) is 34.1. The summed E-state index contributed by atoms with van der Waals surface area (Å²) in [5.41, 5.74) is 17.6. The molecule has 0 atom stereocenters. The monoisotopic (exact) mass is 819 g/mol. The van der Waals surface area contributed by atoms with Crippen LogP contribution in [0.5, 0.6) is 11.5 Å². The van der Waals surface area contributed by atoms with Gasteiger partial charge in [-0.25, -0.2) is 0 Å². The molecular weight excluding hydrogens is 783 g/mol. The van der Waals surface area contributed by atoms with E-state index in [9.17, 15) is 0 Å². The molecule has 0 fully saturated rings. The van der Waals surface area contributed by atoms with Crippen LogP contribution in [0.25, 0.3) is 33.0 Å². The third-order valence-electron chi connectivity index (χ3n) is 14.2. The van der Waals surface area contributed by atoms with Crippen LogP contribution in [0.1, 0.15) is 44.5 Å². The molecule has 294 valence electrons. The average molecular weight is 820 g/mol. The summed E-state index contributed by atoms with van der Waals surface area (Å²) in [5.74, 6) is 1.80. The van der Waals surface area contributed by atoms with E-state index in [1.807, 2.05) is 11.8 Å². The summed E-state index contributed by atoms with van der Waals surface area (Å²) >= 11 is 1.89. The molecule has 2 nitrogen and oxygen atoms in total. The fourth-order valence-corrected chi connectivity index (χ4v) is 13.0. The SMILES string of the molecule is c1ccc2c(c1)Oc1ccccc1C21c2ccccc2-c2cc(N(c3ccc4ccccc4c3)c3cccc4c3-c3ccccc3C43c4ccccc4Sc4ccccc43)ccc21. The van der Waals surface area contributed by atoms with E-state index in [0.717, 1.165) is 28.6 Å². The van der Waals surface area contributed by atoms with Gasteiger partial charge in [0.1, 0.15) is 11.5 Å². The van der Waals surface area contributed by atoms with E-state index >= 15 is 0 Å². The van der Waals surface area contributed by atoms with Crippen molar-refractivity contribution in [3.8, 4) is 33.8 Å². The van der Waals surface area contributed by atoms with Crippen molar-refractivity contribution < 1.29 is 4.74 Å². The maximum atomic E-state index is 6.66. The fourth-order valence-electron chi connectivity index (χ4n) is 11.8. The Bertz CT molecular complexity index is 3480. The third kappa shape index (κ3) is 4.54. The average Bonchev–Trinajstić information content (AvgIpc) is 3.80. The van der Waals surface area contributed by atoms with Crippen molar-refractivity contribution in [2.75, 3.05) is 4.90 Å². The predicted octanol–water partition coefficient (Wildman–Crippen LogP) is 15.6. The number of hydrogen-bond acceptors (Lipinski definition) is 3. The summed E-state index contributed by atoms with van der Waals surface area (Å²) in [7, 11) is 0. The Morgan fingerprint density at radius 2 is 0.825 bits per heavy atom. The molecule has 0 saturated carbocycles. The summed E-state index contributed by atoms with van der Waals surface area (Å²) in [5, 5.41) is 2.43. The van der Waals surface area contributed by atoms with E-state index in [2.05, 4.69) is 229 Å². The van der Waals surface area contributed by atoms with Crippen LogP contribution in [-0.4, -0.2) is 0 Å². The largest absolute Gasteiger partial charge is 0.457 e. The topological polar surface area (TPSA) is 12.5 Å². The first-order valence-electron chi connectivity index (χ1n) is 21.7. The van der Waals surface area contributed by atoms with Crippen LogP contribution in [0.15, 0.2) is 234 Å². The molecule has 0 unspecified atom stereocenters. The van der Waals surface area contributed by atoms with Crippen LogP contribution in [0.4, 0.5) is 17.1 Å². The van der Waals surface area contributed by atoms with Crippen LogP contribution >= 0.6 is 11.8 Å². The molecule has 0 radical (unpaired) electrons. The quantitative estimate of drug-likeness (QED) is 0.176. The molecule has 0 saturated heterocycles. The maximum Gasteiger partial charge on any atom is 0.132 e. The maximum absolute atomic E-state index is 6.66. The minimum absolute atomic E-state index is 0.484. The van der Waals surface area contributed by atoms with E-state index in [1.165, 1.54) is 87.3 Å². The number of hydrogen-bond donors (Lipinski definition) is 0. The van der Waals surface area contributed by atoms with Crippen molar-refractivity contribution in [3.63, 3.8) is 0 Å². The lowest BCUT2D eigenvalue weighted by Gasteiger charge is -2.40. The number of anilines is 3. The standard InChI is InChI=1S/C60H37NOS/c1-2-17-39-36-40(33-32-38(39)16-1)61(41-34-35-47-44(37-41)42-18-3-5-20-45(42)59(47)48-22-7-11-28-54(48)62-55-29-12-8-23-49(55)59)53-27-15-26-52-58(53)43-19-4-6-21-46(43)60(52)50-24-9-13-30-56(50)63-57-31-14-10-25-51(57)60/h1-37H. The Kier molecular flexibility index (Phi) is 7.21. The molecule has 10 aromatic carbocycles. The van der Waals surface area contributed by atoms with E-state index in [-0.39, 0.29) is 0 Å². The Labute approximate surface area is 370 Å². The number of benzene rings is 10. The van der Waals surface area contributed by atoms with Crippen molar-refractivity contribution in [2.45, 2.75) is 20.6 Å². The van der Waals surface area contributed by atoms with Gasteiger partial charge in [0.05, 0.1) is 16.5 Å². The number of ether oxygens (including phenoxy) is 1. The second-order valence-electron chi connectivity index (χ2n) is 17.1. The number of nitrogens with zero attached hydrogens (tertiary/aromatic N) is 1. The van der Waals surface area contributed by atoms with Crippen LogP contribution in [-0.2, 0) is 10.8 Å². The fraction of sp³-hybridized carbons (Fsp3) is 0.0333. The van der Waals surface area contributed by atoms with Gasteiger partial charge in [0.2, 0.25) is 0 Å². The molecule has 14 rings (SSSR count). The van der Waals surface area contributed by atoms with Crippen molar-refractivity contribution >= 4 is 39.6 Å². The summed E-state index contributed by atoms with van der Waals surface area (Å²) in [6, 6.07) is 83.4. The van der Waals surface area contributed by atoms with E-state index in [4.69, 9.17) is 4.74 Å². The van der Waals surface area contributed by atoms with Gasteiger partial charge in [-0.2, -0.15) is 0 Å². The smallest absolute Gasteiger partial charge is 0.132 e. The molecule has 2 aliphatic heterocycles. The Morgan fingerprint density at radius 3 is 1.54 bits per heavy atom. The molecule has 2 heterocycles. The normalized spacial score (nSPS) is 14.7. The Hall–Kier alpha value is -7.59. The summed E-state index contributed by atoms with van der Waals surface area (Å²) < 4.78 is 6.66. The molecule has 63 heavy (non-hydrogen) atoms. The highest BCUT2D eigenvalue weighted by atomic mass is 32.2. The van der Waals surface area contributed by atoms with Gasteiger partial charge in [0, 0.05) is 37.9 Å². The lowest BCUT2D eigenvalue weighted by molar-refractivity contribution is 0.436. The third-order valence-corrected chi connectivity index (χ3v) is 15.3. The minimum atomic E-state index is -0.539. The molecule has 0 bridgehead atoms. The van der Waals surface area contributed by atoms with Crippen molar-refractivity contribution in [2.24, 2.45) is 0 Å². The van der Waals surface area contributed by atoms with Gasteiger partial charge < -0.3 is 9.64 Å². The van der Waals surface area contributed by atoms with Crippen LogP contribution < -0.4 is 9.64 Å². The van der Waals surface area contributed by atoms with Crippen molar-refractivity contribution in [1.82, 2.24) is 0 Å². The van der Waals surface area contributed by atoms with Gasteiger partial charge in [-0.15, -0.1) is 0 Å². The number of fused-ring (bicyclic) bond motifs is 19. The number of para-hydroxylation sites is 2. The van der Waals surface area contributed by atoms with Crippen LogP contribution in [0, 0.1) is 0 Å². The molecule has 3 heteroatoms. The van der Waals surface area contributed by atoms with Gasteiger partial charge in [0.15, 0.2) is 0 Å². The van der Waals surface area contributed by atoms with Gasteiger partial charge in [-0.3, -0.25) is 0 Å². The van der Waals surface area contributed by atoms with Crippen LogP contribution in [0.3, 0.4) is 0 Å². The molecule has 2 spiro atoms. The number of rotatable bonds is 3. The zero-order chi connectivity index (χ0) is 41.3. The molecule has 2 aliphatic carbocycles. The Balaban J connectivity index is 1.07. The highest BCUT2D eigenvalue weighted by Gasteiger charge is 2.53. The summed E-state index contributed by atoms with van der Waals surface area (Å²) in [6.45, 7) is 0. The molecule has 10 aromatic rings. The molecule has 4 aliphatic rings. The second kappa shape index (κ2) is 13.0. The second-order valence-corrected chi connectivity index (χ2v) is 18.2. The first-order chi connectivity index (χ1) is 31.2. The van der Waals surface area contributed by atoms with Crippen molar-refractivity contribution in [1.29, 1.82) is 0 Å². The summed E-state index contributed by atoms with van der Waals surface area (Å²) in [6.07, 6.45) is 0. The molecule has 0 N–H and O–H groups in total. The minimum Gasteiger partial charge on any atom is -0.457 e. The first-order valence-corrected chi connectivity index (χ1v) is 22.6. The highest BCUT2D eigenvalue weighted by molar-refractivity contribution is 7.99. The highest BCUT2D eigenvalue weighted by Crippen LogP contribution is 2.66. The predicted molar refractivity (Wildman–Crippen MR) is 257 cm³/mol. The van der Waals surface area contributed by atoms with Gasteiger partial charge in [-0.1, -0.05) is 182 Å². The Morgan fingerprint density at radius 1 is 0.333 bits per heavy atom. The van der Waals surface area contributed by atoms with Crippen LogP contribution in [0.2, 0.25) is 0 Å². The van der Waals surface area contributed by atoms with Gasteiger partial charge in [-0.05, 0) is 115 Å². The van der Waals surface area contributed by atoms with Gasteiger partial charge in [0.25, 0.3) is 0 Å². The van der Waals surface area contributed by atoms with E-state index in [1.54, 1.807) is 0 Å². The molecule has 0 amide bonds.